The highest BCUT2D eigenvalue weighted by molar-refractivity contribution is 7.91. The molecule has 1 aromatic carbocycles. The van der Waals surface area contributed by atoms with Crippen LogP contribution in [0.25, 0.3) is 0 Å². The first-order valence-electron chi connectivity index (χ1n) is 8.54. The Morgan fingerprint density at radius 3 is 2.65 bits per heavy atom. The Morgan fingerprint density at radius 2 is 2.08 bits per heavy atom. The monoisotopic (exact) mass is 401 g/mol. The molecule has 144 valence electrons. The second kappa shape index (κ2) is 8.73. The fourth-order valence-corrected chi connectivity index (χ4v) is 4.63. The van der Waals surface area contributed by atoms with Crippen LogP contribution in [0.15, 0.2) is 24.3 Å². The molecule has 1 aliphatic rings. The molecule has 3 atom stereocenters. The molecular weight excluding hydrogens is 378 g/mol. The molecule has 7 nitrogen and oxygen atoms in total. The Bertz CT molecular complexity index is 769. The van der Waals surface area contributed by atoms with E-state index in [9.17, 15) is 18.0 Å². The fraction of sp³-hybridized carbons (Fsp3) is 0.529. The Labute approximate surface area is 158 Å². The van der Waals surface area contributed by atoms with Crippen LogP contribution in [0.2, 0.25) is 5.02 Å². The van der Waals surface area contributed by atoms with Crippen molar-refractivity contribution in [1.82, 2.24) is 10.6 Å². The van der Waals surface area contributed by atoms with E-state index in [1.165, 1.54) is 0 Å². The van der Waals surface area contributed by atoms with Gasteiger partial charge in [0.1, 0.15) is 6.04 Å². The fourth-order valence-electron chi connectivity index (χ4n) is 2.77. The summed E-state index contributed by atoms with van der Waals surface area (Å²) in [6, 6.07) is 5.03. The lowest BCUT2D eigenvalue weighted by Gasteiger charge is -2.24. The van der Waals surface area contributed by atoms with Crippen LogP contribution in [-0.2, 0) is 14.6 Å². The summed E-state index contributed by atoms with van der Waals surface area (Å²) in [6.07, 6.45) is 1.07. The molecule has 9 heteroatoms. The molecule has 0 saturated carbocycles. The summed E-state index contributed by atoms with van der Waals surface area (Å²) in [7, 11) is -3.09. The highest BCUT2D eigenvalue weighted by Crippen LogP contribution is 2.17. The molecule has 1 aromatic rings. The number of sulfone groups is 1. The molecule has 26 heavy (non-hydrogen) atoms. The lowest BCUT2D eigenvalue weighted by Crippen LogP contribution is -2.53. The van der Waals surface area contributed by atoms with Crippen LogP contribution in [0, 0.1) is 5.92 Å². The van der Waals surface area contributed by atoms with Crippen molar-refractivity contribution in [3.8, 4) is 0 Å². The van der Waals surface area contributed by atoms with Gasteiger partial charge >= 0.3 is 6.03 Å². The number of carbonyl (C=O) groups is 2. The van der Waals surface area contributed by atoms with E-state index in [4.69, 9.17) is 11.6 Å². The lowest BCUT2D eigenvalue weighted by atomic mass is 9.98. The van der Waals surface area contributed by atoms with Crippen molar-refractivity contribution in [2.24, 2.45) is 5.92 Å². The Balaban J connectivity index is 2.00. The molecule has 3 amide bonds. The highest BCUT2D eigenvalue weighted by Gasteiger charge is 2.31. The van der Waals surface area contributed by atoms with Gasteiger partial charge in [0, 0.05) is 16.8 Å². The average molecular weight is 402 g/mol. The van der Waals surface area contributed by atoms with Crippen molar-refractivity contribution < 1.29 is 18.0 Å². The number of urea groups is 1. The van der Waals surface area contributed by atoms with E-state index in [0.717, 1.165) is 0 Å². The van der Waals surface area contributed by atoms with Gasteiger partial charge < -0.3 is 16.0 Å². The minimum Gasteiger partial charge on any atom is -0.334 e. The predicted octanol–water partition coefficient (Wildman–Crippen LogP) is 2.18. The molecule has 0 bridgehead atoms. The van der Waals surface area contributed by atoms with Gasteiger partial charge in [-0.1, -0.05) is 37.9 Å². The van der Waals surface area contributed by atoms with E-state index >= 15 is 0 Å². The van der Waals surface area contributed by atoms with E-state index in [2.05, 4.69) is 16.0 Å². The van der Waals surface area contributed by atoms with Crippen molar-refractivity contribution in [1.29, 1.82) is 0 Å². The van der Waals surface area contributed by atoms with Crippen molar-refractivity contribution >= 4 is 39.1 Å². The molecule has 1 saturated heterocycles. The van der Waals surface area contributed by atoms with Gasteiger partial charge in [-0.3, -0.25) is 4.79 Å². The quantitative estimate of drug-likeness (QED) is 0.679. The third kappa shape index (κ3) is 5.88. The number of rotatable bonds is 6. The van der Waals surface area contributed by atoms with E-state index in [1.54, 1.807) is 24.3 Å². The molecule has 0 aliphatic carbocycles. The van der Waals surface area contributed by atoms with Crippen molar-refractivity contribution in [2.45, 2.75) is 38.8 Å². The third-order valence-electron chi connectivity index (χ3n) is 4.44. The maximum atomic E-state index is 12.6. The summed E-state index contributed by atoms with van der Waals surface area (Å²) in [5.41, 5.74) is 0.542. The van der Waals surface area contributed by atoms with Gasteiger partial charge in [-0.25, -0.2) is 13.2 Å². The Kier molecular flexibility index (Phi) is 6.88. The van der Waals surface area contributed by atoms with E-state index < -0.39 is 28.0 Å². The lowest BCUT2D eigenvalue weighted by molar-refractivity contribution is -0.119. The molecule has 2 rings (SSSR count). The SMILES string of the molecule is CCC(C)C(NC(=O)NC1CCS(=O)(=O)C1)C(=O)Nc1cccc(Cl)c1. The van der Waals surface area contributed by atoms with Crippen LogP contribution in [0.1, 0.15) is 26.7 Å². The summed E-state index contributed by atoms with van der Waals surface area (Å²) in [4.78, 5) is 24.8. The number of anilines is 1. The number of halogens is 1. The maximum Gasteiger partial charge on any atom is 0.315 e. The zero-order chi connectivity index (χ0) is 19.3. The highest BCUT2D eigenvalue weighted by atomic mass is 35.5. The second-order valence-corrected chi connectivity index (χ2v) is 9.25. The minimum absolute atomic E-state index is 0.0663. The first-order chi connectivity index (χ1) is 12.2. The topological polar surface area (TPSA) is 104 Å². The van der Waals surface area contributed by atoms with Crippen LogP contribution in [0.4, 0.5) is 10.5 Å². The van der Waals surface area contributed by atoms with Crippen molar-refractivity contribution in [3.63, 3.8) is 0 Å². The average Bonchev–Trinajstić information content (AvgIpc) is 2.90. The third-order valence-corrected chi connectivity index (χ3v) is 6.44. The molecule has 3 unspecified atom stereocenters. The Hall–Kier alpha value is -1.80. The Morgan fingerprint density at radius 1 is 1.35 bits per heavy atom. The van der Waals surface area contributed by atoms with Gasteiger partial charge in [-0.15, -0.1) is 0 Å². The van der Waals surface area contributed by atoms with Crippen LogP contribution in [-0.4, -0.2) is 43.9 Å². The van der Waals surface area contributed by atoms with Crippen LogP contribution in [0.5, 0.6) is 0 Å². The van der Waals surface area contributed by atoms with E-state index in [1.807, 2.05) is 13.8 Å². The van der Waals surface area contributed by atoms with Gasteiger partial charge in [0.2, 0.25) is 5.91 Å². The van der Waals surface area contributed by atoms with Crippen LogP contribution < -0.4 is 16.0 Å². The number of amides is 3. The van der Waals surface area contributed by atoms with Gasteiger partial charge in [0.15, 0.2) is 9.84 Å². The number of hydrogen-bond acceptors (Lipinski definition) is 4. The summed E-state index contributed by atoms with van der Waals surface area (Å²) in [5, 5.41) is 8.55. The van der Waals surface area contributed by atoms with E-state index in [-0.39, 0.29) is 23.3 Å². The zero-order valence-corrected chi connectivity index (χ0v) is 16.4. The first-order valence-corrected chi connectivity index (χ1v) is 10.7. The van der Waals surface area contributed by atoms with Crippen molar-refractivity contribution in [3.05, 3.63) is 29.3 Å². The number of nitrogens with one attached hydrogen (secondary N) is 3. The van der Waals surface area contributed by atoms with Gasteiger partial charge in [0.05, 0.1) is 11.5 Å². The molecule has 3 N–H and O–H groups in total. The standard InChI is InChI=1S/C17H24ClN3O4S/c1-3-11(2)15(16(22)19-13-6-4-5-12(18)9-13)21-17(23)20-14-7-8-26(24,25)10-14/h4-6,9,11,14-15H,3,7-8,10H2,1-2H3,(H,19,22)(H2,20,21,23). The summed E-state index contributed by atoms with van der Waals surface area (Å²) < 4.78 is 23.0. The predicted molar refractivity (Wildman–Crippen MR) is 102 cm³/mol. The zero-order valence-electron chi connectivity index (χ0n) is 14.8. The smallest absolute Gasteiger partial charge is 0.315 e. The molecule has 0 spiro atoms. The van der Waals surface area contributed by atoms with Crippen LogP contribution >= 0.6 is 11.6 Å². The largest absolute Gasteiger partial charge is 0.334 e. The molecule has 0 radical (unpaired) electrons. The van der Waals surface area contributed by atoms with Gasteiger partial charge in [0.25, 0.3) is 0 Å². The first kappa shape index (κ1) is 20.5. The summed E-state index contributed by atoms with van der Waals surface area (Å²) in [5.74, 6) is -0.450. The van der Waals surface area contributed by atoms with Crippen molar-refractivity contribution in [2.75, 3.05) is 16.8 Å². The van der Waals surface area contributed by atoms with Gasteiger partial charge in [-0.05, 0) is 30.5 Å². The molecule has 1 fully saturated rings. The molecular formula is C17H24ClN3O4S. The molecule has 0 aromatic heterocycles. The minimum atomic E-state index is -3.09. The summed E-state index contributed by atoms with van der Waals surface area (Å²) >= 11 is 5.92. The summed E-state index contributed by atoms with van der Waals surface area (Å²) in [6.45, 7) is 3.79. The molecule has 1 heterocycles. The number of hydrogen-bond donors (Lipinski definition) is 3. The normalized spacial score (nSPS) is 20.8. The number of carbonyl (C=O) groups excluding carboxylic acids is 2. The molecule has 1 aliphatic heterocycles. The maximum absolute atomic E-state index is 12.6. The number of benzene rings is 1. The van der Waals surface area contributed by atoms with E-state index in [0.29, 0.717) is 23.6 Å². The second-order valence-electron chi connectivity index (χ2n) is 6.58. The van der Waals surface area contributed by atoms with Gasteiger partial charge in [-0.2, -0.15) is 0 Å². The van der Waals surface area contributed by atoms with Crippen LogP contribution in [0.3, 0.4) is 0 Å².